The molecule has 0 saturated carbocycles. The van der Waals surface area contributed by atoms with Gasteiger partial charge in [-0.2, -0.15) is 0 Å². The summed E-state index contributed by atoms with van der Waals surface area (Å²) in [4.78, 5) is 3.29. The van der Waals surface area contributed by atoms with E-state index in [1.165, 1.54) is 37.6 Å². The molecule has 2 rings (SSSR count). The summed E-state index contributed by atoms with van der Waals surface area (Å²) in [6, 6.07) is 6.72. The molecule has 4 heteroatoms. The molecular weight excluding hydrogens is 320 g/mol. The van der Waals surface area contributed by atoms with Crippen molar-refractivity contribution < 1.29 is 0 Å². The molecule has 2 nitrogen and oxygen atoms in total. The fourth-order valence-electron chi connectivity index (χ4n) is 2.53. The first-order chi connectivity index (χ1) is 9.13. The SMILES string of the molecule is CCCCCCC(C)n1c(=S)[nH]c2ccc(Br)cc21. The minimum atomic E-state index is 0.451. The first-order valence-electron chi connectivity index (χ1n) is 7.03. The summed E-state index contributed by atoms with van der Waals surface area (Å²) >= 11 is 9.00. The van der Waals surface area contributed by atoms with Crippen molar-refractivity contribution in [1.82, 2.24) is 9.55 Å². The maximum absolute atomic E-state index is 5.47. The third-order valence-corrected chi connectivity index (χ3v) is 4.39. The highest BCUT2D eigenvalue weighted by Crippen LogP contribution is 2.25. The zero-order chi connectivity index (χ0) is 13.8. The molecule has 0 saturated heterocycles. The molecule has 1 unspecified atom stereocenters. The molecule has 1 heterocycles. The minimum absolute atomic E-state index is 0.451. The van der Waals surface area contributed by atoms with Gasteiger partial charge in [0, 0.05) is 10.5 Å². The second kappa shape index (κ2) is 6.71. The number of aromatic nitrogens is 2. The Bertz CT molecular complexity index is 600. The van der Waals surface area contributed by atoms with E-state index in [-0.39, 0.29) is 0 Å². The molecule has 0 amide bonds. The van der Waals surface area contributed by atoms with Gasteiger partial charge in [0.1, 0.15) is 0 Å². The van der Waals surface area contributed by atoms with E-state index >= 15 is 0 Å². The smallest absolute Gasteiger partial charge is 0.178 e. The Labute approximate surface area is 128 Å². The molecule has 0 spiro atoms. The van der Waals surface area contributed by atoms with Gasteiger partial charge in [0.2, 0.25) is 0 Å². The van der Waals surface area contributed by atoms with Crippen molar-refractivity contribution in [3.8, 4) is 0 Å². The summed E-state index contributed by atoms with van der Waals surface area (Å²) in [5.41, 5.74) is 2.32. The topological polar surface area (TPSA) is 20.7 Å². The summed E-state index contributed by atoms with van der Waals surface area (Å²) in [6.07, 6.45) is 6.40. The number of halogens is 1. The Morgan fingerprint density at radius 3 is 2.84 bits per heavy atom. The first-order valence-corrected chi connectivity index (χ1v) is 8.23. The Hall–Kier alpha value is -0.610. The van der Waals surface area contributed by atoms with Crippen molar-refractivity contribution in [3.05, 3.63) is 27.4 Å². The molecule has 1 atom stereocenters. The van der Waals surface area contributed by atoms with Gasteiger partial charge in [0.25, 0.3) is 0 Å². The van der Waals surface area contributed by atoms with Crippen LogP contribution in [0.15, 0.2) is 22.7 Å². The van der Waals surface area contributed by atoms with Gasteiger partial charge in [0.15, 0.2) is 4.77 Å². The number of imidazole rings is 1. The standard InChI is InChI=1S/C15H21BrN2S/c1-3-4-5-6-7-11(2)18-14-10-12(16)8-9-13(14)17-15(18)19/h8-11H,3-7H2,1-2H3,(H,17,19). The van der Waals surface area contributed by atoms with E-state index in [2.05, 4.69) is 51.5 Å². The lowest BCUT2D eigenvalue weighted by atomic mass is 10.1. The van der Waals surface area contributed by atoms with Crippen LogP contribution in [-0.2, 0) is 0 Å². The zero-order valence-electron chi connectivity index (χ0n) is 11.6. The van der Waals surface area contributed by atoms with Gasteiger partial charge >= 0.3 is 0 Å². The van der Waals surface area contributed by atoms with Crippen molar-refractivity contribution in [1.29, 1.82) is 0 Å². The van der Waals surface area contributed by atoms with Gasteiger partial charge in [-0.15, -0.1) is 0 Å². The van der Waals surface area contributed by atoms with Crippen molar-refractivity contribution in [3.63, 3.8) is 0 Å². The number of fused-ring (bicyclic) bond motifs is 1. The van der Waals surface area contributed by atoms with Gasteiger partial charge < -0.3 is 9.55 Å². The molecule has 0 aliphatic carbocycles. The van der Waals surface area contributed by atoms with Crippen LogP contribution in [0.3, 0.4) is 0 Å². The highest BCUT2D eigenvalue weighted by molar-refractivity contribution is 9.10. The lowest BCUT2D eigenvalue weighted by molar-refractivity contribution is 0.478. The van der Waals surface area contributed by atoms with Crippen LogP contribution >= 0.6 is 28.1 Å². The molecular formula is C15H21BrN2S. The molecule has 0 fully saturated rings. The van der Waals surface area contributed by atoms with E-state index in [1.807, 2.05) is 6.07 Å². The normalized spacial score (nSPS) is 13.0. The Kier molecular flexibility index (Phi) is 5.22. The van der Waals surface area contributed by atoms with Crippen LogP contribution in [-0.4, -0.2) is 9.55 Å². The predicted molar refractivity (Wildman–Crippen MR) is 88.3 cm³/mol. The predicted octanol–water partition coefficient (Wildman–Crippen LogP) is 5.99. The molecule has 19 heavy (non-hydrogen) atoms. The Morgan fingerprint density at radius 2 is 2.11 bits per heavy atom. The van der Waals surface area contributed by atoms with Crippen molar-refractivity contribution >= 4 is 39.2 Å². The van der Waals surface area contributed by atoms with E-state index in [0.717, 1.165) is 14.8 Å². The quantitative estimate of drug-likeness (QED) is 0.505. The number of nitrogens with one attached hydrogen (secondary N) is 1. The number of hydrogen-bond donors (Lipinski definition) is 1. The maximum atomic E-state index is 5.47. The molecule has 104 valence electrons. The molecule has 1 N–H and O–H groups in total. The molecule has 0 radical (unpaired) electrons. The highest BCUT2D eigenvalue weighted by atomic mass is 79.9. The lowest BCUT2D eigenvalue weighted by Crippen LogP contribution is -2.05. The van der Waals surface area contributed by atoms with Crippen molar-refractivity contribution in [2.24, 2.45) is 0 Å². The van der Waals surface area contributed by atoms with Crippen LogP contribution < -0.4 is 0 Å². The first kappa shape index (κ1) is 14.8. The summed E-state index contributed by atoms with van der Waals surface area (Å²) in [6.45, 7) is 4.51. The summed E-state index contributed by atoms with van der Waals surface area (Å²) < 4.78 is 4.18. The third-order valence-electron chi connectivity index (χ3n) is 3.60. The number of hydrogen-bond acceptors (Lipinski definition) is 1. The van der Waals surface area contributed by atoms with Crippen molar-refractivity contribution in [2.45, 2.75) is 52.0 Å². The second-order valence-electron chi connectivity index (χ2n) is 5.16. The Balaban J connectivity index is 2.21. The van der Waals surface area contributed by atoms with Crippen molar-refractivity contribution in [2.75, 3.05) is 0 Å². The average Bonchev–Trinajstić information content (AvgIpc) is 2.70. The van der Waals surface area contributed by atoms with E-state index < -0.39 is 0 Å². The highest BCUT2D eigenvalue weighted by Gasteiger charge is 2.11. The average molecular weight is 341 g/mol. The zero-order valence-corrected chi connectivity index (χ0v) is 14.0. The summed E-state index contributed by atoms with van der Waals surface area (Å²) in [5.74, 6) is 0. The van der Waals surface area contributed by atoms with E-state index in [9.17, 15) is 0 Å². The van der Waals surface area contributed by atoms with Crippen LogP contribution in [0.5, 0.6) is 0 Å². The van der Waals surface area contributed by atoms with Gasteiger partial charge in [-0.3, -0.25) is 0 Å². The minimum Gasteiger partial charge on any atom is -0.331 e. The second-order valence-corrected chi connectivity index (χ2v) is 6.46. The fraction of sp³-hybridized carbons (Fsp3) is 0.533. The summed E-state index contributed by atoms with van der Waals surface area (Å²) in [7, 11) is 0. The largest absolute Gasteiger partial charge is 0.331 e. The number of benzene rings is 1. The van der Waals surface area contributed by atoms with E-state index in [1.54, 1.807) is 0 Å². The molecule has 1 aromatic heterocycles. The Morgan fingerprint density at radius 1 is 1.32 bits per heavy atom. The molecule has 0 aliphatic rings. The molecule has 1 aromatic carbocycles. The van der Waals surface area contributed by atoms with Gasteiger partial charge in [0.05, 0.1) is 11.0 Å². The monoisotopic (exact) mass is 340 g/mol. The fourth-order valence-corrected chi connectivity index (χ4v) is 3.27. The van der Waals surface area contributed by atoms with Crippen LogP contribution in [0.25, 0.3) is 11.0 Å². The van der Waals surface area contributed by atoms with E-state index in [4.69, 9.17) is 12.2 Å². The van der Waals surface area contributed by atoms with Gasteiger partial charge in [-0.05, 0) is 43.8 Å². The molecule has 0 bridgehead atoms. The summed E-state index contributed by atoms with van der Waals surface area (Å²) in [5, 5.41) is 0. The molecule has 0 aliphatic heterocycles. The number of rotatable bonds is 6. The number of H-pyrrole nitrogens is 1. The van der Waals surface area contributed by atoms with Gasteiger partial charge in [-0.1, -0.05) is 48.5 Å². The van der Waals surface area contributed by atoms with Gasteiger partial charge in [-0.25, -0.2) is 0 Å². The van der Waals surface area contributed by atoms with Crippen LogP contribution in [0, 0.1) is 4.77 Å². The van der Waals surface area contributed by atoms with Crippen LogP contribution in [0.4, 0.5) is 0 Å². The lowest BCUT2D eigenvalue weighted by Gasteiger charge is -2.14. The third kappa shape index (κ3) is 3.48. The number of nitrogens with zero attached hydrogens (tertiary/aromatic N) is 1. The maximum Gasteiger partial charge on any atom is 0.178 e. The number of unbranched alkanes of at least 4 members (excludes halogenated alkanes) is 3. The van der Waals surface area contributed by atoms with E-state index in [0.29, 0.717) is 6.04 Å². The molecule has 2 aromatic rings. The van der Waals surface area contributed by atoms with Crippen LogP contribution in [0.2, 0.25) is 0 Å². The number of aromatic amines is 1. The van der Waals surface area contributed by atoms with Crippen LogP contribution in [0.1, 0.15) is 52.0 Å².